The third-order valence-corrected chi connectivity index (χ3v) is 10.9. The van der Waals surface area contributed by atoms with Gasteiger partial charge in [0.25, 0.3) is 0 Å². The molecule has 2 nitrogen and oxygen atoms in total. The van der Waals surface area contributed by atoms with Gasteiger partial charge >= 0.3 is 0 Å². The van der Waals surface area contributed by atoms with Crippen molar-refractivity contribution in [3.63, 3.8) is 0 Å². The van der Waals surface area contributed by atoms with E-state index in [9.17, 15) is 0 Å². The summed E-state index contributed by atoms with van der Waals surface area (Å²) in [6.45, 7) is 0. The number of benzene rings is 8. The van der Waals surface area contributed by atoms with E-state index >= 15 is 0 Å². The van der Waals surface area contributed by atoms with Crippen LogP contribution in [-0.4, -0.2) is 4.57 Å². The predicted molar refractivity (Wildman–Crippen MR) is 211 cm³/mol. The van der Waals surface area contributed by atoms with Crippen molar-refractivity contribution in [2.75, 3.05) is 4.90 Å². The molecule has 0 amide bonds. The maximum Gasteiger partial charge on any atom is 0.0562 e. The molecule has 10 rings (SSSR count). The van der Waals surface area contributed by atoms with Gasteiger partial charge in [-0.25, -0.2) is 0 Å². The quantitative estimate of drug-likeness (QED) is 0.181. The molecule has 0 saturated carbocycles. The van der Waals surface area contributed by atoms with E-state index in [1.165, 1.54) is 63.9 Å². The Hall–Kier alpha value is -6.16. The van der Waals surface area contributed by atoms with Crippen LogP contribution in [0.3, 0.4) is 0 Å². The summed E-state index contributed by atoms with van der Waals surface area (Å²) in [4.78, 5) is 2.44. The first-order chi connectivity index (χ1) is 24.3. The van der Waals surface area contributed by atoms with Crippen molar-refractivity contribution in [2.24, 2.45) is 0 Å². The fourth-order valence-electron chi connectivity index (χ4n) is 7.58. The summed E-state index contributed by atoms with van der Waals surface area (Å²) in [7, 11) is 0. The minimum atomic E-state index is 1.12. The molecular weight excluding hydrogens is 613 g/mol. The van der Waals surface area contributed by atoms with Gasteiger partial charge in [0.05, 0.1) is 16.7 Å². The molecule has 0 radical (unpaired) electrons. The third kappa shape index (κ3) is 4.47. The number of hydrogen-bond donors (Lipinski definition) is 0. The van der Waals surface area contributed by atoms with Crippen LogP contribution in [0.2, 0.25) is 0 Å². The van der Waals surface area contributed by atoms with Crippen molar-refractivity contribution in [1.82, 2.24) is 4.57 Å². The lowest BCUT2D eigenvalue weighted by Crippen LogP contribution is -2.10. The van der Waals surface area contributed by atoms with Gasteiger partial charge in [0.1, 0.15) is 0 Å². The molecule has 0 aliphatic heterocycles. The van der Waals surface area contributed by atoms with Crippen LogP contribution in [0.1, 0.15) is 0 Å². The Morgan fingerprint density at radius 1 is 0.408 bits per heavy atom. The zero-order valence-corrected chi connectivity index (χ0v) is 27.4. The fraction of sp³-hybridized carbons (Fsp3) is 0. The Morgan fingerprint density at radius 3 is 1.92 bits per heavy atom. The Morgan fingerprint density at radius 2 is 1.08 bits per heavy atom. The first kappa shape index (κ1) is 27.9. The highest BCUT2D eigenvalue weighted by Crippen LogP contribution is 2.46. The van der Waals surface area contributed by atoms with Crippen molar-refractivity contribution >= 4 is 81.1 Å². The molecule has 3 heteroatoms. The normalized spacial score (nSPS) is 11.7. The average Bonchev–Trinajstić information content (AvgIpc) is 3.72. The number of thiophene rings is 1. The van der Waals surface area contributed by atoms with Gasteiger partial charge in [0.15, 0.2) is 0 Å². The van der Waals surface area contributed by atoms with E-state index in [0.717, 1.165) is 22.7 Å². The Labute approximate surface area is 288 Å². The van der Waals surface area contributed by atoms with Gasteiger partial charge in [-0.15, -0.1) is 11.3 Å². The molecule has 2 heterocycles. The van der Waals surface area contributed by atoms with Gasteiger partial charge in [0, 0.05) is 48.0 Å². The summed E-state index contributed by atoms with van der Waals surface area (Å²) in [6, 6.07) is 66.1. The van der Waals surface area contributed by atoms with E-state index in [-0.39, 0.29) is 0 Å². The highest BCUT2D eigenvalue weighted by atomic mass is 32.1. The van der Waals surface area contributed by atoms with Gasteiger partial charge < -0.3 is 9.47 Å². The first-order valence-electron chi connectivity index (χ1n) is 16.7. The number of fused-ring (bicyclic) bond motifs is 8. The van der Waals surface area contributed by atoms with Crippen molar-refractivity contribution < 1.29 is 0 Å². The van der Waals surface area contributed by atoms with Crippen molar-refractivity contribution in [1.29, 1.82) is 0 Å². The van der Waals surface area contributed by atoms with Gasteiger partial charge in [0.2, 0.25) is 0 Å². The summed E-state index contributed by atoms with van der Waals surface area (Å²) in [5.74, 6) is 0. The lowest BCUT2D eigenvalue weighted by molar-refractivity contribution is 1.18. The molecule has 0 spiro atoms. The van der Waals surface area contributed by atoms with Crippen LogP contribution in [0.4, 0.5) is 17.1 Å². The average molecular weight is 643 g/mol. The monoisotopic (exact) mass is 642 g/mol. The molecule has 2 aromatic heterocycles. The summed E-state index contributed by atoms with van der Waals surface area (Å²) >= 11 is 1.87. The number of nitrogens with zero attached hydrogens (tertiary/aromatic N) is 2. The number of para-hydroxylation sites is 2. The lowest BCUT2D eigenvalue weighted by atomic mass is 10.0. The maximum atomic E-state index is 2.44. The van der Waals surface area contributed by atoms with Crippen LogP contribution in [0.5, 0.6) is 0 Å². The van der Waals surface area contributed by atoms with Crippen LogP contribution in [0.25, 0.3) is 69.6 Å². The zero-order valence-electron chi connectivity index (χ0n) is 26.6. The first-order valence-corrected chi connectivity index (χ1v) is 17.5. The standard InChI is InChI=1S/C46H30N2S/c1-3-12-31(13-4-1)32-22-25-35(26-23-32)47(36-27-28-37-33(30-36)24-29-44-45(37)39-17-8-10-21-43(39)49-44)41-19-11-20-42-46(41)38-16-7-9-18-40(38)48(42)34-14-5-2-6-15-34/h1-30H. The molecule has 0 aliphatic carbocycles. The van der Waals surface area contributed by atoms with Gasteiger partial charge in [-0.2, -0.15) is 0 Å². The summed E-state index contributed by atoms with van der Waals surface area (Å²) in [5, 5.41) is 7.66. The van der Waals surface area contributed by atoms with Crippen LogP contribution in [-0.2, 0) is 0 Å². The summed E-state index contributed by atoms with van der Waals surface area (Å²) in [6.07, 6.45) is 0. The van der Waals surface area contributed by atoms with E-state index in [1.807, 2.05) is 11.3 Å². The van der Waals surface area contributed by atoms with E-state index in [2.05, 4.69) is 191 Å². The molecule has 0 saturated heterocycles. The number of rotatable bonds is 5. The number of hydrogen-bond acceptors (Lipinski definition) is 2. The molecule has 0 atom stereocenters. The minimum absolute atomic E-state index is 1.12. The lowest BCUT2D eigenvalue weighted by Gasteiger charge is -2.27. The zero-order chi connectivity index (χ0) is 32.3. The molecule has 10 aromatic rings. The van der Waals surface area contributed by atoms with Crippen molar-refractivity contribution in [3.05, 3.63) is 182 Å². The second-order valence-corrected chi connectivity index (χ2v) is 13.6. The molecule has 0 bridgehead atoms. The second kappa shape index (κ2) is 11.2. The largest absolute Gasteiger partial charge is 0.310 e. The summed E-state index contributed by atoms with van der Waals surface area (Å²) < 4.78 is 5.05. The second-order valence-electron chi connectivity index (χ2n) is 12.6. The molecule has 8 aromatic carbocycles. The van der Waals surface area contributed by atoms with E-state index < -0.39 is 0 Å². The van der Waals surface area contributed by atoms with Gasteiger partial charge in [-0.05, 0) is 88.6 Å². The van der Waals surface area contributed by atoms with Crippen molar-refractivity contribution in [2.45, 2.75) is 0 Å². The fourth-order valence-corrected chi connectivity index (χ4v) is 8.70. The van der Waals surface area contributed by atoms with Crippen LogP contribution >= 0.6 is 11.3 Å². The number of aromatic nitrogens is 1. The predicted octanol–water partition coefficient (Wildman–Crippen LogP) is 13.4. The Bertz CT molecular complexity index is 2810. The Kier molecular flexibility index (Phi) is 6.39. The molecule has 0 fully saturated rings. The molecule has 49 heavy (non-hydrogen) atoms. The molecular formula is C46H30N2S. The molecule has 0 N–H and O–H groups in total. The number of anilines is 3. The Balaban J connectivity index is 1.24. The topological polar surface area (TPSA) is 8.17 Å². The van der Waals surface area contributed by atoms with Crippen LogP contribution in [0, 0.1) is 0 Å². The van der Waals surface area contributed by atoms with Gasteiger partial charge in [-0.3, -0.25) is 0 Å². The van der Waals surface area contributed by atoms with E-state index in [1.54, 1.807) is 0 Å². The molecule has 0 aliphatic rings. The van der Waals surface area contributed by atoms with Crippen LogP contribution in [0.15, 0.2) is 182 Å². The highest BCUT2D eigenvalue weighted by molar-refractivity contribution is 7.26. The van der Waals surface area contributed by atoms with E-state index in [4.69, 9.17) is 0 Å². The smallest absolute Gasteiger partial charge is 0.0562 e. The van der Waals surface area contributed by atoms with Crippen LogP contribution < -0.4 is 4.90 Å². The third-order valence-electron chi connectivity index (χ3n) is 9.76. The maximum absolute atomic E-state index is 2.44. The molecule has 0 unspecified atom stereocenters. The minimum Gasteiger partial charge on any atom is -0.310 e. The summed E-state index contributed by atoms with van der Waals surface area (Å²) in [5.41, 5.74) is 9.34. The highest BCUT2D eigenvalue weighted by Gasteiger charge is 2.21. The SMILES string of the molecule is c1ccc(-c2ccc(N(c3ccc4c(ccc5sc6ccccc6c54)c3)c3cccc4c3c3ccccc3n4-c3ccccc3)cc2)cc1. The van der Waals surface area contributed by atoms with E-state index in [0.29, 0.717) is 0 Å². The van der Waals surface area contributed by atoms with Gasteiger partial charge in [-0.1, -0.05) is 115 Å². The molecule has 230 valence electrons. The van der Waals surface area contributed by atoms with Crippen molar-refractivity contribution in [3.8, 4) is 16.8 Å².